The third-order valence-electron chi connectivity index (χ3n) is 4.71. The van der Waals surface area contributed by atoms with Crippen LogP contribution in [0.15, 0.2) is 0 Å². The first-order valence-corrected chi connectivity index (χ1v) is 10.2. The Bertz CT molecular complexity index is 241. The van der Waals surface area contributed by atoms with E-state index in [1.54, 1.807) is 0 Å². The normalized spacial score (nSPS) is 12.2. The smallest absolute Gasteiger partial charge is 0.0652 e. The van der Waals surface area contributed by atoms with Gasteiger partial charge < -0.3 is 0 Å². The second kappa shape index (κ2) is 18.5. The lowest BCUT2D eigenvalue weighted by atomic mass is 10.0. The van der Waals surface area contributed by atoms with Crippen molar-refractivity contribution in [3.8, 4) is 6.07 Å². The highest BCUT2D eigenvalue weighted by Gasteiger charge is 1.98. The van der Waals surface area contributed by atoms with Gasteiger partial charge in [0.1, 0.15) is 0 Å². The molecule has 130 valence electrons. The molecule has 0 aromatic carbocycles. The molecule has 0 N–H and O–H groups in total. The summed E-state index contributed by atoms with van der Waals surface area (Å²) in [4.78, 5) is 0. The fraction of sp³-hybridized carbons (Fsp3) is 0.952. The van der Waals surface area contributed by atoms with E-state index in [1.165, 1.54) is 103 Å². The third-order valence-corrected chi connectivity index (χ3v) is 4.71. The monoisotopic (exact) mass is 307 g/mol. The molecule has 1 unspecified atom stereocenters. The molecule has 0 radical (unpaired) electrons. The Morgan fingerprint density at radius 2 is 0.909 bits per heavy atom. The Labute approximate surface area is 140 Å². The molecule has 0 saturated carbocycles. The van der Waals surface area contributed by atoms with Gasteiger partial charge >= 0.3 is 0 Å². The van der Waals surface area contributed by atoms with E-state index in [2.05, 4.69) is 13.0 Å². The van der Waals surface area contributed by atoms with Crippen LogP contribution in [0.5, 0.6) is 0 Å². The highest BCUT2D eigenvalue weighted by molar-refractivity contribution is 4.77. The predicted octanol–water partition coefficient (Wildman–Crippen LogP) is 7.80. The molecule has 0 aliphatic heterocycles. The molecule has 0 rings (SSSR count). The molecule has 1 heteroatoms. The van der Waals surface area contributed by atoms with E-state index in [1.807, 2.05) is 6.92 Å². The summed E-state index contributed by atoms with van der Waals surface area (Å²) in [5.41, 5.74) is 0. The maximum Gasteiger partial charge on any atom is 0.0652 e. The lowest BCUT2D eigenvalue weighted by Gasteiger charge is -2.04. The van der Waals surface area contributed by atoms with Gasteiger partial charge in [-0.05, 0) is 13.3 Å². The Balaban J connectivity index is 2.99. The number of unbranched alkanes of at least 4 members (excludes halogenated alkanes) is 15. The average molecular weight is 308 g/mol. The van der Waals surface area contributed by atoms with Crippen LogP contribution in [-0.2, 0) is 0 Å². The zero-order valence-corrected chi connectivity index (χ0v) is 15.5. The quantitative estimate of drug-likeness (QED) is 0.251. The van der Waals surface area contributed by atoms with Crippen LogP contribution < -0.4 is 0 Å². The van der Waals surface area contributed by atoms with Gasteiger partial charge in [0.05, 0.1) is 6.07 Å². The largest absolute Gasteiger partial charge is 0.198 e. The van der Waals surface area contributed by atoms with Gasteiger partial charge in [0, 0.05) is 5.92 Å². The molecular formula is C21H41N. The summed E-state index contributed by atoms with van der Waals surface area (Å²) in [5, 5.41) is 8.71. The first-order chi connectivity index (χ1) is 10.8. The lowest BCUT2D eigenvalue weighted by molar-refractivity contribution is 0.518. The van der Waals surface area contributed by atoms with Crippen LogP contribution in [0, 0.1) is 17.2 Å². The summed E-state index contributed by atoms with van der Waals surface area (Å²) in [5.74, 6) is 0.256. The van der Waals surface area contributed by atoms with E-state index < -0.39 is 0 Å². The Hall–Kier alpha value is -0.510. The number of nitrogens with zero attached hydrogens (tertiary/aromatic N) is 1. The maximum atomic E-state index is 8.71. The second-order valence-electron chi connectivity index (χ2n) is 7.12. The molecule has 0 aromatic rings. The second-order valence-corrected chi connectivity index (χ2v) is 7.12. The molecular weight excluding hydrogens is 266 g/mol. The molecule has 0 fully saturated rings. The van der Waals surface area contributed by atoms with Crippen molar-refractivity contribution in [1.29, 1.82) is 5.26 Å². The zero-order chi connectivity index (χ0) is 16.3. The average Bonchev–Trinajstić information content (AvgIpc) is 2.54. The van der Waals surface area contributed by atoms with Gasteiger partial charge in [-0.25, -0.2) is 0 Å². The molecule has 0 saturated heterocycles. The van der Waals surface area contributed by atoms with Crippen molar-refractivity contribution in [3.05, 3.63) is 0 Å². The molecule has 0 aliphatic carbocycles. The van der Waals surface area contributed by atoms with Crippen LogP contribution in [0.2, 0.25) is 0 Å². The van der Waals surface area contributed by atoms with Gasteiger partial charge in [0.15, 0.2) is 0 Å². The zero-order valence-electron chi connectivity index (χ0n) is 15.5. The van der Waals surface area contributed by atoms with Crippen LogP contribution in [0.1, 0.15) is 123 Å². The van der Waals surface area contributed by atoms with E-state index in [4.69, 9.17) is 5.26 Å². The topological polar surface area (TPSA) is 23.8 Å². The van der Waals surface area contributed by atoms with E-state index in [9.17, 15) is 0 Å². The van der Waals surface area contributed by atoms with Gasteiger partial charge in [0.25, 0.3) is 0 Å². The summed E-state index contributed by atoms with van der Waals surface area (Å²) in [6, 6.07) is 2.32. The SMILES string of the molecule is CCCCCCCCCCCCCCCCCCC(C)C#N. The minimum atomic E-state index is 0.256. The molecule has 0 aromatic heterocycles. The Morgan fingerprint density at radius 1 is 0.591 bits per heavy atom. The maximum absolute atomic E-state index is 8.71. The van der Waals surface area contributed by atoms with Gasteiger partial charge in [-0.2, -0.15) is 5.26 Å². The minimum absolute atomic E-state index is 0.256. The first-order valence-electron chi connectivity index (χ1n) is 10.2. The summed E-state index contributed by atoms with van der Waals surface area (Å²) in [6.07, 6.45) is 23.7. The van der Waals surface area contributed by atoms with Crippen molar-refractivity contribution in [2.75, 3.05) is 0 Å². The van der Waals surface area contributed by atoms with E-state index in [0.29, 0.717) is 0 Å². The third kappa shape index (κ3) is 17.5. The first kappa shape index (κ1) is 21.5. The van der Waals surface area contributed by atoms with Crippen LogP contribution in [-0.4, -0.2) is 0 Å². The Morgan fingerprint density at radius 3 is 1.23 bits per heavy atom. The van der Waals surface area contributed by atoms with Crippen molar-refractivity contribution in [2.24, 2.45) is 5.92 Å². The number of hydrogen-bond donors (Lipinski definition) is 0. The molecule has 22 heavy (non-hydrogen) atoms. The molecule has 0 aliphatic rings. The Kier molecular flexibility index (Phi) is 18.1. The van der Waals surface area contributed by atoms with Crippen LogP contribution >= 0.6 is 0 Å². The van der Waals surface area contributed by atoms with Crippen molar-refractivity contribution < 1.29 is 0 Å². The fourth-order valence-electron chi connectivity index (χ4n) is 3.06. The van der Waals surface area contributed by atoms with Gasteiger partial charge in [0.2, 0.25) is 0 Å². The molecule has 1 nitrogen and oxygen atoms in total. The standard InChI is InChI=1S/C21H41N/c1-3-4-5-6-7-8-9-10-11-12-13-14-15-16-17-18-19-21(2)20-22/h21H,3-19H2,1-2H3. The molecule has 0 spiro atoms. The number of rotatable bonds is 17. The van der Waals surface area contributed by atoms with Crippen molar-refractivity contribution >= 4 is 0 Å². The van der Waals surface area contributed by atoms with E-state index in [-0.39, 0.29) is 5.92 Å². The predicted molar refractivity (Wildman–Crippen MR) is 98.9 cm³/mol. The van der Waals surface area contributed by atoms with Gasteiger partial charge in [-0.1, -0.05) is 110 Å². The molecule has 0 amide bonds. The summed E-state index contributed by atoms with van der Waals surface area (Å²) >= 11 is 0. The van der Waals surface area contributed by atoms with Crippen LogP contribution in [0.3, 0.4) is 0 Å². The van der Waals surface area contributed by atoms with Crippen LogP contribution in [0.4, 0.5) is 0 Å². The highest BCUT2D eigenvalue weighted by atomic mass is 14.3. The lowest BCUT2D eigenvalue weighted by Crippen LogP contribution is -1.89. The van der Waals surface area contributed by atoms with Crippen molar-refractivity contribution in [3.63, 3.8) is 0 Å². The van der Waals surface area contributed by atoms with E-state index in [0.717, 1.165) is 6.42 Å². The highest BCUT2D eigenvalue weighted by Crippen LogP contribution is 2.14. The van der Waals surface area contributed by atoms with E-state index >= 15 is 0 Å². The molecule has 0 heterocycles. The van der Waals surface area contributed by atoms with Crippen LogP contribution in [0.25, 0.3) is 0 Å². The minimum Gasteiger partial charge on any atom is -0.198 e. The van der Waals surface area contributed by atoms with Crippen molar-refractivity contribution in [2.45, 2.75) is 123 Å². The fourth-order valence-corrected chi connectivity index (χ4v) is 3.06. The molecule has 1 atom stereocenters. The number of nitriles is 1. The summed E-state index contributed by atoms with van der Waals surface area (Å²) in [7, 11) is 0. The van der Waals surface area contributed by atoms with Crippen molar-refractivity contribution in [1.82, 2.24) is 0 Å². The summed E-state index contributed by atoms with van der Waals surface area (Å²) < 4.78 is 0. The summed E-state index contributed by atoms with van der Waals surface area (Å²) in [6.45, 7) is 4.32. The van der Waals surface area contributed by atoms with Gasteiger partial charge in [-0.3, -0.25) is 0 Å². The van der Waals surface area contributed by atoms with Gasteiger partial charge in [-0.15, -0.1) is 0 Å². The number of hydrogen-bond acceptors (Lipinski definition) is 1. The molecule has 0 bridgehead atoms.